The summed E-state index contributed by atoms with van der Waals surface area (Å²) >= 11 is 0. The van der Waals surface area contributed by atoms with Gasteiger partial charge in [-0.3, -0.25) is 4.90 Å². The van der Waals surface area contributed by atoms with Crippen molar-refractivity contribution in [3.8, 4) is 0 Å². The summed E-state index contributed by atoms with van der Waals surface area (Å²) in [5.41, 5.74) is 0. The second-order valence-electron chi connectivity index (χ2n) is 5.60. The number of hydrogen-bond donors (Lipinski definition) is 1. The molecule has 2 rings (SSSR count). The van der Waals surface area contributed by atoms with Crippen LogP contribution in [0, 0.1) is 0 Å². The van der Waals surface area contributed by atoms with Crippen LogP contribution in [0.15, 0.2) is 0 Å². The van der Waals surface area contributed by atoms with Crippen molar-refractivity contribution >= 4 is 0 Å². The Kier molecular flexibility index (Phi) is 6.57. The first-order chi connectivity index (χ1) is 9.35. The molecule has 2 unspecified atom stereocenters. The highest BCUT2D eigenvalue weighted by Crippen LogP contribution is 2.24. The fourth-order valence-electron chi connectivity index (χ4n) is 3.46. The molecule has 2 atom stereocenters. The molecule has 19 heavy (non-hydrogen) atoms. The zero-order chi connectivity index (χ0) is 13.5. The lowest BCUT2D eigenvalue weighted by Gasteiger charge is -2.40. The summed E-state index contributed by atoms with van der Waals surface area (Å²) in [6.07, 6.45) is 6.60. The Morgan fingerprint density at radius 2 is 1.89 bits per heavy atom. The maximum absolute atomic E-state index is 5.71. The van der Waals surface area contributed by atoms with Gasteiger partial charge in [-0.05, 0) is 52.6 Å². The largest absolute Gasteiger partial charge is 0.352 e. The third-order valence-corrected chi connectivity index (χ3v) is 4.32. The molecule has 112 valence electrons. The Morgan fingerprint density at radius 3 is 2.53 bits per heavy atom. The highest BCUT2D eigenvalue weighted by molar-refractivity contribution is 4.90. The predicted molar refractivity (Wildman–Crippen MR) is 77.3 cm³/mol. The SMILES string of the molecule is CCOC(CN1CCCCC1C1CCCN1)OCC. The molecule has 1 N–H and O–H groups in total. The van der Waals surface area contributed by atoms with Gasteiger partial charge in [0, 0.05) is 31.8 Å². The molecule has 2 heterocycles. The molecule has 0 aromatic heterocycles. The van der Waals surface area contributed by atoms with Crippen LogP contribution in [-0.4, -0.2) is 56.1 Å². The molecule has 0 bridgehead atoms. The van der Waals surface area contributed by atoms with Gasteiger partial charge in [0.1, 0.15) is 0 Å². The lowest BCUT2D eigenvalue weighted by atomic mass is 9.94. The van der Waals surface area contributed by atoms with Crippen molar-refractivity contribution in [3.05, 3.63) is 0 Å². The predicted octanol–water partition coefficient (Wildman–Crippen LogP) is 1.99. The molecule has 0 spiro atoms. The molecule has 4 nitrogen and oxygen atoms in total. The minimum atomic E-state index is -0.0583. The second kappa shape index (κ2) is 8.20. The second-order valence-corrected chi connectivity index (χ2v) is 5.60. The van der Waals surface area contributed by atoms with E-state index in [1.165, 1.54) is 45.2 Å². The molecule has 0 saturated carbocycles. The summed E-state index contributed by atoms with van der Waals surface area (Å²) in [5.74, 6) is 0. The normalized spacial score (nSPS) is 29.2. The van der Waals surface area contributed by atoms with E-state index in [1.54, 1.807) is 0 Å². The summed E-state index contributed by atoms with van der Waals surface area (Å²) in [5, 5.41) is 3.67. The monoisotopic (exact) mass is 270 g/mol. The number of rotatable bonds is 7. The molecular formula is C15H30N2O2. The number of likely N-dealkylation sites (tertiary alicyclic amines) is 1. The van der Waals surface area contributed by atoms with Crippen molar-refractivity contribution in [1.82, 2.24) is 10.2 Å². The van der Waals surface area contributed by atoms with Crippen LogP contribution in [0.25, 0.3) is 0 Å². The Bertz CT molecular complexity index is 238. The zero-order valence-electron chi connectivity index (χ0n) is 12.6. The van der Waals surface area contributed by atoms with Crippen LogP contribution < -0.4 is 5.32 Å². The van der Waals surface area contributed by atoms with E-state index < -0.39 is 0 Å². The van der Waals surface area contributed by atoms with Crippen molar-refractivity contribution in [2.24, 2.45) is 0 Å². The number of hydrogen-bond acceptors (Lipinski definition) is 4. The molecule has 0 radical (unpaired) electrons. The van der Waals surface area contributed by atoms with E-state index >= 15 is 0 Å². The molecule has 2 aliphatic heterocycles. The van der Waals surface area contributed by atoms with E-state index in [4.69, 9.17) is 9.47 Å². The number of piperidine rings is 1. The van der Waals surface area contributed by atoms with Gasteiger partial charge in [0.25, 0.3) is 0 Å². The average molecular weight is 270 g/mol. The molecule has 2 fully saturated rings. The van der Waals surface area contributed by atoms with Crippen molar-refractivity contribution in [3.63, 3.8) is 0 Å². The molecule has 4 heteroatoms. The number of nitrogens with zero attached hydrogens (tertiary/aromatic N) is 1. The topological polar surface area (TPSA) is 33.7 Å². The Morgan fingerprint density at radius 1 is 1.11 bits per heavy atom. The standard InChI is InChI=1S/C15H30N2O2/c1-3-18-15(19-4-2)12-17-11-6-5-9-14(17)13-8-7-10-16-13/h13-16H,3-12H2,1-2H3. The first-order valence-corrected chi connectivity index (χ1v) is 8.05. The zero-order valence-corrected chi connectivity index (χ0v) is 12.6. The summed E-state index contributed by atoms with van der Waals surface area (Å²) in [7, 11) is 0. The van der Waals surface area contributed by atoms with Crippen LogP contribution in [0.5, 0.6) is 0 Å². The molecule has 2 saturated heterocycles. The number of ether oxygens (including phenoxy) is 2. The van der Waals surface area contributed by atoms with E-state index in [1.807, 2.05) is 13.8 Å². The van der Waals surface area contributed by atoms with E-state index in [-0.39, 0.29) is 6.29 Å². The lowest BCUT2D eigenvalue weighted by Crippen LogP contribution is -2.52. The minimum Gasteiger partial charge on any atom is -0.352 e. The minimum absolute atomic E-state index is 0.0583. The molecule has 0 amide bonds. The van der Waals surface area contributed by atoms with Crippen LogP contribution in [0.4, 0.5) is 0 Å². The quantitative estimate of drug-likeness (QED) is 0.717. The van der Waals surface area contributed by atoms with Gasteiger partial charge in [0.2, 0.25) is 0 Å². The fraction of sp³-hybridized carbons (Fsp3) is 1.00. The van der Waals surface area contributed by atoms with Crippen LogP contribution in [0.3, 0.4) is 0 Å². The maximum Gasteiger partial charge on any atom is 0.170 e. The summed E-state index contributed by atoms with van der Waals surface area (Å²) < 4.78 is 11.4. The van der Waals surface area contributed by atoms with Gasteiger partial charge in [-0.15, -0.1) is 0 Å². The molecular weight excluding hydrogens is 240 g/mol. The van der Waals surface area contributed by atoms with Gasteiger partial charge in [-0.2, -0.15) is 0 Å². The Labute approximate surface area is 117 Å². The van der Waals surface area contributed by atoms with E-state index in [9.17, 15) is 0 Å². The van der Waals surface area contributed by atoms with Crippen molar-refractivity contribution in [1.29, 1.82) is 0 Å². The smallest absolute Gasteiger partial charge is 0.170 e. The van der Waals surface area contributed by atoms with Crippen LogP contribution in [-0.2, 0) is 9.47 Å². The lowest BCUT2D eigenvalue weighted by molar-refractivity contribution is -0.153. The van der Waals surface area contributed by atoms with Crippen LogP contribution in [0.2, 0.25) is 0 Å². The molecule has 0 aromatic rings. The summed E-state index contributed by atoms with van der Waals surface area (Å²) in [6, 6.07) is 1.36. The van der Waals surface area contributed by atoms with Gasteiger partial charge < -0.3 is 14.8 Å². The highest BCUT2D eigenvalue weighted by atomic mass is 16.7. The van der Waals surface area contributed by atoms with Crippen molar-refractivity contribution in [2.75, 3.05) is 32.8 Å². The first kappa shape index (κ1) is 15.2. The van der Waals surface area contributed by atoms with Crippen LogP contribution >= 0.6 is 0 Å². The molecule has 0 aliphatic carbocycles. The van der Waals surface area contributed by atoms with Crippen molar-refractivity contribution in [2.45, 2.75) is 64.3 Å². The Hall–Kier alpha value is -0.160. The molecule has 0 aromatic carbocycles. The van der Waals surface area contributed by atoms with Gasteiger partial charge in [-0.25, -0.2) is 0 Å². The third kappa shape index (κ3) is 4.42. The van der Waals surface area contributed by atoms with Crippen molar-refractivity contribution < 1.29 is 9.47 Å². The Balaban J connectivity index is 1.89. The highest BCUT2D eigenvalue weighted by Gasteiger charge is 2.32. The van der Waals surface area contributed by atoms with E-state index in [2.05, 4.69) is 10.2 Å². The summed E-state index contributed by atoms with van der Waals surface area (Å²) in [6.45, 7) is 8.84. The molecule has 2 aliphatic rings. The van der Waals surface area contributed by atoms with E-state index in [0.29, 0.717) is 12.1 Å². The third-order valence-electron chi connectivity index (χ3n) is 4.32. The summed E-state index contributed by atoms with van der Waals surface area (Å²) in [4.78, 5) is 2.60. The van der Waals surface area contributed by atoms with Gasteiger partial charge >= 0.3 is 0 Å². The number of nitrogens with one attached hydrogen (secondary N) is 1. The van der Waals surface area contributed by atoms with Gasteiger partial charge in [0.05, 0.1) is 0 Å². The van der Waals surface area contributed by atoms with Gasteiger partial charge in [0.15, 0.2) is 6.29 Å². The van der Waals surface area contributed by atoms with Gasteiger partial charge in [-0.1, -0.05) is 6.42 Å². The van der Waals surface area contributed by atoms with Crippen LogP contribution in [0.1, 0.15) is 46.0 Å². The maximum atomic E-state index is 5.71. The first-order valence-electron chi connectivity index (χ1n) is 8.05. The average Bonchev–Trinajstić information content (AvgIpc) is 2.94. The fourth-order valence-corrected chi connectivity index (χ4v) is 3.46. The van der Waals surface area contributed by atoms with E-state index in [0.717, 1.165) is 19.8 Å².